The summed E-state index contributed by atoms with van der Waals surface area (Å²) in [4.78, 5) is 10.3. The Labute approximate surface area is 117 Å². The molecule has 0 spiro atoms. The second-order valence-electron chi connectivity index (χ2n) is 3.62. The van der Waals surface area contributed by atoms with Crippen molar-refractivity contribution in [3.05, 3.63) is 62.4 Å². The summed E-state index contributed by atoms with van der Waals surface area (Å²) >= 11 is 11.4. The molecule has 0 aliphatic heterocycles. The number of nitrogens with one attached hydrogen (secondary N) is 1. The van der Waals surface area contributed by atoms with Crippen molar-refractivity contribution in [2.75, 3.05) is 5.32 Å². The van der Waals surface area contributed by atoms with Crippen LogP contribution < -0.4 is 5.32 Å². The Kier molecular flexibility index (Phi) is 3.87. The van der Waals surface area contributed by atoms with Gasteiger partial charge in [0.1, 0.15) is 10.7 Å². The molecule has 0 amide bonds. The van der Waals surface area contributed by atoms with Crippen LogP contribution in [-0.2, 0) is 0 Å². The highest BCUT2D eigenvalue weighted by Crippen LogP contribution is 2.35. The smallest absolute Gasteiger partial charge is 0.311 e. The monoisotopic (exact) mass is 300 g/mol. The minimum atomic E-state index is -0.682. The molecule has 4 nitrogen and oxygen atoms in total. The highest BCUT2D eigenvalue weighted by Gasteiger charge is 2.19. The van der Waals surface area contributed by atoms with Gasteiger partial charge in [0.2, 0.25) is 0 Å². The van der Waals surface area contributed by atoms with Crippen LogP contribution in [0.5, 0.6) is 0 Å². The average Bonchev–Trinajstić information content (AvgIpc) is 2.34. The molecule has 2 rings (SSSR count). The van der Waals surface area contributed by atoms with E-state index in [1.54, 1.807) is 0 Å². The van der Waals surface area contributed by atoms with Gasteiger partial charge in [-0.05, 0) is 24.3 Å². The normalized spacial score (nSPS) is 10.3. The lowest BCUT2D eigenvalue weighted by Gasteiger charge is -2.09. The van der Waals surface area contributed by atoms with Gasteiger partial charge in [0.05, 0.1) is 15.6 Å². The van der Waals surface area contributed by atoms with Crippen molar-refractivity contribution in [3.8, 4) is 0 Å². The predicted molar refractivity (Wildman–Crippen MR) is 72.8 cm³/mol. The number of benzene rings is 2. The summed E-state index contributed by atoms with van der Waals surface area (Å²) in [6, 6.07) is 8.69. The van der Waals surface area contributed by atoms with Gasteiger partial charge in [0, 0.05) is 0 Å². The summed E-state index contributed by atoms with van der Waals surface area (Å²) in [5.41, 5.74) is -0.180. The highest BCUT2D eigenvalue weighted by atomic mass is 35.5. The SMILES string of the molecule is O=[N+]([O-])c1c(Cl)cccc1Nc1cccc(Cl)c1F. The Balaban J connectivity index is 2.47. The third kappa shape index (κ3) is 2.77. The van der Waals surface area contributed by atoms with Crippen molar-refractivity contribution in [2.45, 2.75) is 0 Å². The standard InChI is InChI=1S/C12H7Cl2FN2O2/c13-7-3-1-5-9(11(7)15)16-10-6-2-4-8(14)12(10)17(18)19/h1-6,16H. The number of nitro benzene ring substituents is 1. The molecule has 0 aliphatic carbocycles. The number of rotatable bonds is 3. The third-order valence-corrected chi connectivity index (χ3v) is 2.99. The Morgan fingerprint density at radius 3 is 2.26 bits per heavy atom. The second-order valence-corrected chi connectivity index (χ2v) is 4.43. The summed E-state index contributed by atoms with van der Waals surface area (Å²) in [6.07, 6.45) is 0. The number of anilines is 2. The van der Waals surface area contributed by atoms with Gasteiger partial charge >= 0.3 is 5.69 Å². The van der Waals surface area contributed by atoms with Gasteiger partial charge in [-0.1, -0.05) is 35.3 Å². The fourth-order valence-corrected chi connectivity index (χ4v) is 1.97. The van der Waals surface area contributed by atoms with Gasteiger partial charge in [-0.2, -0.15) is 0 Å². The van der Waals surface area contributed by atoms with Crippen LogP contribution >= 0.6 is 23.2 Å². The maximum absolute atomic E-state index is 13.7. The molecule has 2 aromatic carbocycles. The van der Waals surface area contributed by atoms with Gasteiger partial charge in [-0.15, -0.1) is 0 Å². The first kappa shape index (κ1) is 13.6. The molecule has 0 fully saturated rings. The zero-order valence-corrected chi connectivity index (χ0v) is 10.9. The van der Waals surface area contributed by atoms with Gasteiger partial charge in [-0.3, -0.25) is 10.1 Å². The van der Waals surface area contributed by atoms with Crippen LogP contribution in [0.4, 0.5) is 21.5 Å². The molecule has 0 saturated heterocycles. The van der Waals surface area contributed by atoms with Crippen LogP contribution in [-0.4, -0.2) is 4.92 Å². The van der Waals surface area contributed by atoms with Crippen molar-refractivity contribution in [2.24, 2.45) is 0 Å². The summed E-state index contributed by atoms with van der Waals surface area (Å²) in [5, 5.41) is 13.5. The summed E-state index contributed by atoms with van der Waals surface area (Å²) in [7, 11) is 0. The van der Waals surface area contributed by atoms with Crippen molar-refractivity contribution < 1.29 is 9.31 Å². The van der Waals surface area contributed by atoms with E-state index in [-0.39, 0.29) is 27.1 Å². The maximum Gasteiger partial charge on any atom is 0.311 e. The van der Waals surface area contributed by atoms with Gasteiger partial charge in [0.25, 0.3) is 0 Å². The number of halogens is 3. The summed E-state index contributed by atoms with van der Waals surface area (Å²) in [5.74, 6) is -0.682. The number of nitro groups is 1. The lowest BCUT2D eigenvalue weighted by atomic mass is 10.2. The van der Waals surface area contributed by atoms with Gasteiger partial charge in [-0.25, -0.2) is 4.39 Å². The van der Waals surface area contributed by atoms with E-state index in [2.05, 4.69) is 5.32 Å². The lowest BCUT2D eigenvalue weighted by molar-refractivity contribution is -0.383. The van der Waals surface area contributed by atoms with Gasteiger partial charge < -0.3 is 5.32 Å². The first-order valence-electron chi connectivity index (χ1n) is 5.14. The molecule has 1 N–H and O–H groups in total. The molecule has 0 aliphatic rings. The van der Waals surface area contributed by atoms with Crippen molar-refractivity contribution in [1.29, 1.82) is 0 Å². The van der Waals surface area contributed by atoms with E-state index < -0.39 is 10.7 Å². The number of nitrogens with zero attached hydrogens (tertiary/aromatic N) is 1. The predicted octanol–water partition coefficient (Wildman–Crippen LogP) is 4.78. The zero-order chi connectivity index (χ0) is 14.0. The first-order valence-corrected chi connectivity index (χ1v) is 5.90. The van der Waals surface area contributed by atoms with Crippen molar-refractivity contribution in [3.63, 3.8) is 0 Å². The maximum atomic E-state index is 13.7. The molecule has 0 aromatic heterocycles. The molecular weight excluding hydrogens is 294 g/mol. The second kappa shape index (κ2) is 5.42. The van der Waals surface area contributed by atoms with Crippen LogP contribution in [0, 0.1) is 15.9 Å². The van der Waals surface area contributed by atoms with Crippen LogP contribution in [0.25, 0.3) is 0 Å². The minimum absolute atomic E-state index is 0.0302. The molecular formula is C12H7Cl2FN2O2. The average molecular weight is 301 g/mol. The Morgan fingerprint density at radius 2 is 1.63 bits per heavy atom. The molecule has 0 bridgehead atoms. The molecule has 98 valence electrons. The van der Waals surface area contributed by atoms with E-state index in [1.807, 2.05) is 0 Å². The molecule has 0 saturated carbocycles. The Morgan fingerprint density at radius 1 is 1.05 bits per heavy atom. The molecule has 0 heterocycles. The summed E-state index contributed by atoms with van der Waals surface area (Å²) in [6.45, 7) is 0. The van der Waals surface area contributed by atoms with E-state index in [9.17, 15) is 14.5 Å². The fraction of sp³-hybridized carbons (Fsp3) is 0. The van der Waals surface area contributed by atoms with E-state index in [0.717, 1.165) is 0 Å². The van der Waals surface area contributed by atoms with E-state index in [4.69, 9.17) is 23.2 Å². The van der Waals surface area contributed by atoms with E-state index in [1.165, 1.54) is 36.4 Å². The largest absolute Gasteiger partial charge is 0.347 e. The van der Waals surface area contributed by atoms with E-state index >= 15 is 0 Å². The van der Waals surface area contributed by atoms with Crippen LogP contribution in [0.15, 0.2) is 36.4 Å². The Bertz CT molecular complexity index is 650. The van der Waals surface area contributed by atoms with Crippen LogP contribution in [0.3, 0.4) is 0 Å². The topological polar surface area (TPSA) is 55.2 Å². The number of hydrogen-bond acceptors (Lipinski definition) is 3. The molecule has 0 radical (unpaired) electrons. The molecule has 2 aromatic rings. The highest BCUT2D eigenvalue weighted by molar-refractivity contribution is 6.33. The van der Waals surface area contributed by atoms with Crippen LogP contribution in [0.1, 0.15) is 0 Å². The fourth-order valence-electron chi connectivity index (χ4n) is 1.55. The quantitative estimate of drug-likeness (QED) is 0.655. The zero-order valence-electron chi connectivity index (χ0n) is 9.36. The number of para-hydroxylation sites is 1. The van der Waals surface area contributed by atoms with Crippen molar-refractivity contribution in [1.82, 2.24) is 0 Å². The third-order valence-electron chi connectivity index (χ3n) is 2.39. The van der Waals surface area contributed by atoms with E-state index in [0.29, 0.717) is 0 Å². The van der Waals surface area contributed by atoms with Gasteiger partial charge in [0.15, 0.2) is 5.82 Å². The number of hydrogen-bond donors (Lipinski definition) is 1. The lowest BCUT2D eigenvalue weighted by Crippen LogP contribution is -1.99. The molecule has 7 heteroatoms. The van der Waals surface area contributed by atoms with Crippen molar-refractivity contribution >= 4 is 40.3 Å². The minimum Gasteiger partial charge on any atom is -0.347 e. The summed E-state index contributed by atoms with van der Waals surface area (Å²) < 4.78 is 13.7. The van der Waals surface area contributed by atoms with Crippen LogP contribution in [0.2, 0.25) is 10.0 Å². The molecule has 0 unspecified atom stereocenters. The molecule has 0 atom stereocenters. The first-order chi connectivity index (χ1) is 9.00. The molecule has 19 heavy (non-hydrogen) atoms. The Hall–Kier alpha value is -1.85.